The fraction of sp³-hybridized carbons (Fsp3) is 0. The molecule has 0 aliphatic carbocycles. The Bertz CT molecular complexity index is 676. The molecule has 0 fully saturated rings. The number of halogens is 2. The Morgan fingerprint density at radius 2 is 2.11 bits per heavy atom. The zero-order chi connectivity index (χ0) is 12.5. The molecular formula is C10H6Cl2N6. The molecule has 0 saturated heterocycles. The maximum absolute atomic E-state index is 6.10. The van der Waals surface area contributed by atoms with Crippen LogP contribution >= 0.6 is 23.2 Å². The zero-order valence-corrected chi connectivity index (χ0v) is 10.4. The molecule has 3 rings (SSSR count). The van der Waals surface area contributed by atoms with E-state index >= 15 is 0 Å². The fourth-order valence-electron chi connectivity index (χ4n) is 1.52. The van der Waals surface area contributed by atoms with E-state index in [1.54, 1.807) is 35.3 Å². The van der Waals surface area contributed by atoms with Crippen LogP contribution in [0, 0.1) is 0 Å². The minimum atomic E-state index is 0.472. The van der Waals surface area contributed by atoms with Crippen molar-refractivity contribution in [2.24, 2.45) is 0 Å². The van der Waals surface area contributed by atoms with Crippen molar-refractivity contribution >= 4 is 23.2 Å². The summed E-state index contributed by atoms with van der Waals surface area (Å²) >= 11 is 12.0. The second-order valence-corrected chi connectivity index (χ2v) is 4.35. The van der Waals surface area contributed by atoms with Crippen LogP contribution in [0.2, 0.25) is 10.0 Å². The molecule has 18 heavy (non-hydrogen) atoms. The number of H-pyrrole nitrogens is 1. The monoisotopic (exact) mass is 280 g/mol. The molecule has 0 bridgehead atoms. The van der Waals surface area contributed by atoms with E-state index in [0.717, 1.165) is 5.56 Å². The number of benzene rings is 1. The van der Waals surface area contributed by atoms with Gasteiger partial charge in [-0.2, -0.15) is 10.3 Å². The molecule has 90 valence electrons. The molecule has 2 aromatic heterocycles. The summed E-state index contributed by atoms with van der Waals surface area (Å²) in [5.41, 5.74) is 1.43. The Hall–Kier alpha value is -1.92. The van der Waals surface area contributed by atoms with E-state index in [9.17, 15) is 0 Å². The maximum atomic E-state index is 6.10. The lowest BCUT2D eigenvalue weighted by molar-refractivity contribution is 0.881. The molecule has 6 nitrogen and oxygen atoms in total. The summed E-state index contributed by atoms with van der Waals surface area (Å²) < 4.78 is 1.61. The van der Waals surface area contributed by atoms with E-state index < -0.39 is 0 Å². The normalized spacial score (nSPS) is 10.8. The minimum Gasteiger partial charge on any atom is -0.239 e. The van der Waals surface area contributed by atoms with Crippen molar-refractivity contribution in [1.29, 1.82) is 0 Å². The predicted molar refractivity (Wildman–Crippen MR) is 66.8 cm³/mol. The average molecular weight is 281 g/mol. The Kier molecular flexibility index (Phi) is 2.73. The van der Waals surface area contributed by atoms with Crippen LogP contribution in [0.1, 0.15) is 0 Å². The highest BCUT2D eigenvalue weighted by atomic mass is 35.5. The van der Waals surface area contributed by atoms with Crippen molar-refractivity contribution in [1.82, 2.24) is 30.4 Å². The summed E-state index contributed by atoms with van der Waals surface area (Å²) in [6.07, 6.45) is 3.38. The lowest BCUT2D eigenvalue weighted by atomic mass is 10.3. The molecule has 1 N–H and O–H groups in total. The van der Waals surface area contributed by atoms with Crippen molar-refractivity contribution < 1.29 is 0 Å². The standard InChI is InChI=1S/C10H6Cl2N6/c11-7-1-2-8(12)9(3-7)18-5-6(4-13-18)10-14-16-17-15-10/h1-5H,(H,14,15,16,17). The van der Waals surface area contributed by atoms with Gasteiger partial charge in [-0.1, -0.05) is 23.2 Å². The Labute approximate surface area is 112 Å². The van der Waals surface area contributed by atoms with Crippen molar-refractivity contribution in [2.45, 2.75) is 0 Å². The van der Waals surface area contributed by atoms with Gasteiger partial charge in [0.15, 0.2) is 0 Å². The first kappa shape index (κ1) is 11.2. The van der Waals surface area contributed by atoms with Crippen LogP contribution in [0.4, 0.5) is 0 Å². The number of aromatic nitrogens is 6. The number of tetrazole rings is 1. The van der Waals surface area contributed by atoms with Gasteiger partial charge in [-0.05, 0) is 23.4 Å². The Morgan fingerprint density at radius 1 is 1.22 bits per heavy atom. The summed E-state index contributed by atoms with van der Waals surface area (Å²) in [7, 11) is 0. The topological polar surface area (TPSA) is 72.3 Å². The fourth-order valence-corrected chi connectivity index (χ4v) is 1.89. The lowest BCUT2D eigenvalue weighted by Gasteiger charge is -2.03. The third-order valence-corrected chi connectivity index (χ3v) is 2.90. The molecule has 0 aliphatic heterocycles. The van der Waals surface area contributed by atoms with Crippen LogP contribution < -0.4 is 0 Å². The van der Waals surface area contributed by atoms with Crippen LogP contribution in [0.15, 0.2) is 30.6 Å². The Morgan fingerprint density at radius 3 is 2.89 bits per heavy atom. The van der Waals surface area contributed by atoms with Crippen LogP contribution in [0.3, 0.4) is 0 Å². The summed E-state index contributed by atoms with van der Waals surface area (Å²) in [5, 5.41) is 19.0. The molecule has 8 heteroatoms. The first-order valence-electron chi connectivity index (χ1n) is 4.98. The van der Waals surface area contributed by atoms with Crippen LogP contribution in [0.25, 0.3) is 17.1 Å². The first-order valence-corrected chi connectivity index (χ1v) is 5.73. The van der Waals surface area contributed by atoms with Crippen molar-refractivity contribution in [3.63, 3.8) is 0 Å². The summed E-state index contributed by atoms with van der Waals surface area (Å²) in [6.45, 7) is 0. The number of nitrogens with one attached hydrogen (secondary N) is 1. The molecule has 2 heterocycles. The van der Waals surface area contributed by atoms with Crippen molar-refractivity contribution in [2.75, 3.05) is 0 Å². The minimum absolute atomic E-state index is 0.472. The SMILES string of the molecule is Clc1ccc(Cl)c(-n2cc(-c3nn[nH]n3)cn2)c1. The first-order chi connectivity index (χ1) is 8.74. The maximum Gasteiger partial charge on any atom is 0.207 e. The molecule has 0 unspecified atom stereocenters. The van der Waals surface area contributed by atoms with Gasteiger partial charge in [0.05, 0.1) is 22.5 Å². The molecule has 0 aliphatic rings. The number of nitrogens with zero attached hydrogens (tertiary/aromatic N) is 5. The second-order valence-electron chi connectivity index (χ2n) is 3.50. The van der Waals surface area contributed by atoms with E-state index in [0.29, 0.717) is 21.6 Å². The van der Waals surface area contributed by atoms with E-state index in [2.05, 4.69) is 25.7 Å². The van der Waals surface area contributed by atoms with Crippen LogP contribution in [0.5, 0.6) is 0 Å². The number of rotatable bonds is 2. The Balaban J connectivity index is 2.05. The highest BCUT2D eigenvalue weighted by Crippen LogP contribution is 2.25. The second kappa shape index (κ2) is 4.40. The number of hydrogen-bond acceptors (Lipinski definition) is 4. The van der Waals surface area contributed by atoms with E-state index in [-0.39, 0.29) is 0 Å². The quantitative estimate of drug-likeness (QED) is 0.782. The highest BCUT2D eigenvalue weighted by molar-refractivity contribution is 6.34. The van der Waals surface area contributed by atoms with E-state index in [1.807, 2.05) is 0 Å². The smallest absolute Gasteiger partial charge is 0.207 e. The van der Waals surface area contributed by atoms with Gasteiger partial charge in [0.2, 0.25) is 5.82 Å². The summed E-state index contributed by atoms with van der Waals surface area (Å²) in [5.74, 6) is 0.472. The van der Waals surface area contributed by atoms with E-state index in [1.165, 1.54) is 0 Å². The molecular weight excluding hydrogens is 275 g/mol. The predicted octanol–water partition coefficient (Wildman–Crippen LogP) is 2.36. The summed E-state index contributed by atoms with van der Waals surface area (Å²) in [4.78, 5) is 0. The lowest BCUT2D eigenvalue weighted by Crippen LogP contribution is -1.94. The van der Waals surface area contributed by atoms with Crippen LogP contribution in [-0.4, -0.2) is 30.4 Å². The largest absolute Gasteiger partial charge is 0.239 e. The van der Waals surface area contributed by atoms with Crippen molar-refractivity contribution in [3.05, 3.63) is 40.6 Å². The van der Waals surface area contributed by atoms with Gasteiger partial charge >= 0.3 is 0 Å². The highest BCUT2D eigenvalue weighted by Gasteiger charge is 2.09. The van der Waals surface area contributed by atoms with Crippen LogP contribution in [-0.2, 0) is 0 Å². The van der Waals surface area contributed by atoms with E-state index in [4.69, 9.17) is 23.2 Å². The number of aromatic amines is 1. The molecule has 0 saturated carbocycles. The van der Waals surface area contributed by atoms with Gasteiger partial charge in [0, 0.05) is 11.2 Å². The molecule has 0 spiro atoms. The third kappa shape index (κ3) is 1.96. The van der Waals surface area contributed by atoms with Gasteiger partial charge < -0.3 is 0 Å². The van der Waals surface area contributed by atoms with Gasteiger partial charge in [-0.15, -0.1) is 10.2 Å². The molecule has 0 atom stereocenters. The van der Waals surface area contributed by atoms with Gasteiger partial charge in [-0.3, -0.25) is 0 Å². The molecule has 0 radical (unpaired) electrons. The molecule has 3 aromatic rings. The molecule has 0 amide bonds. The summed E-state index contributed by atoms with van der Waals surface area (Å²) in [6, 6.07) is 5.17. The number of hydrogen-bond donors (Lipinski definition) is 1. The molecule has 1 aromatic carbocycles. The van der Waals surface area contributed by atoms with Gasteiger partial charge in [0.25, 0.3) is 0 Å². The van der Waals surface area contributed by atoms with Crippen molar-refractivity contribution in [3.8, 4) is 17.1 Å². The van der Waals surface area contributed by atoms with Gasteiger partial charge in [-0.25, -0.2) is 4.68 Å². The average Bonchev–Trinajstić information content (AvgIpc) is 3.00. The third-order valence-electron chi connectivity index (χ3n) is 2.34. The van der Waals surface area contributed by atoms with Gasteiger partial charge in [0.1, 0.15) is 0 Å². The zero-order valence-electron chi connectivity index (χ0n) is 8.88.